The van der Waals surface area contributed by atoms with E-state index < -0.39 is 17.5 Å². The first-order valence-electron chi connectivity index (χ1n) is 9.11. The molecule has 2 atom stereocenters. The third-order valence-corrected chi connectivity index (χ3v) is 5.88. The topological polar surface area (TPSA) is 43.8 Å². The summed E-state index contributed by atoms with van der Waals surface area (Å²) in [6, 6.07) is 1.50. The molecule has 0 aromatic heterocycles. The molecular weight excluding hydrogens is 345 g/mol. The van der Waals surface area contributed by atoms with Crippen molar-refractivity contribution in [1.82, 2.24) is 9.80 Å². The van der Waals surface area contributed by atoms with Gasteiger partial charge in [-0.1, -0.05) is 0 Å². The summed E-state index contributed by atoms with van der Waals surface area (Å²) in [6.07, 6.45) is 1.79. The van der Waals surface area contributed by atoms with E-state index in [0.717, 1.165) is 32.0 Å². The lowest BCUT2D eigenvalue weighted by Gasteiger charge is -2.36. The van der Waals surface area contributed by atoms with Gasteiger partial charge in [-0.05, 0) is 36.7 Å². The lowest BCUT2D eigenvalue weighted by molar-refractivity contribution is -0.130. The van der Waals surface area contributed by atoms with Crippen LogP contribution in [0.4, 0.5) is 13.2 Å². The second-order valence-electron chi connectivity index (χ2n) is 7.50. The van der Waals surface area contributed by atoms with E-state index in [1.807, 2.05) is 9.80 Å². The molecule has 0 saturated carbocycles. The number of likely N-dealkylation sites (tertiary alicyclic amines) is 2. The largest absolute Gasteiger partial charge is 0.396 e. The zero-order chi connectivity index (χ0) is 18.8. The number of halogens is 3. The third-order valence-electron chi connectivity index (χ3n) is 5.88. The van der Waals surface area contributed by atoms with Crippen LogP contribution in [0.15, 0.2) is 12.1 Å². The van der Waals surface area contributed by atoms with Crippen molar-refractivity contribution < 1.29 is 23.1 Å². The maximum Gasteiger partial charge on any atom is 0.219 e. The molecule has 0 spiro atoms. The average Bonchev–Trinajstić information content (AvgIpc) is 3.02. The highest BCUT2D eigenvalue weighted by molar-refractivity contribution is 5.73. The first kappa shape index (κ1) is 19.2. The number of nitrogens with zero attached hydrogens (tertiary/aromatic N) is 2. The monoisotopic (exact) mass is 370 g/mol. The lowest BCUT2D eigenvalue weighted by atomic mass is 9.79. The first-order chi connectivity index (χ1) is 12.4. The summed E-state index contributed by atoms with van der Waals surface area (Å²) < 4.78 is 40.4. The standard InChI is InChI=1S/C19H25F3N2O2/c1-12(26)24-4-2-13(3-5-24)16-10-23(9-15(16)11-25)8-14-6-18(21)19(22)7-17(14)20/h6-7,13,15-16,25H,2-5,8-11H2,1H3/t15-,16-/m0/s1. The van der Waals surface area contributed by atoms with Gasteiger partial charge in [-0.3, -0.25) is 9.69 Å². The van der Waals surface area contributed by atoms with Crippen LogP contribution >= 0.6 is 0 Å². The molecule has 0 radical (unpaired) electrons. The minimum absolute atomic E-state index is 0.0500. The van der Waals surface area contributed by atoms with Gasteiger partial charge in [0.25, 0.3) is 0 Å². The van der Waals surface area contributed by atoms with Crippen LogP contribution in [0.1, 0.15) is 25.3 Å². The van der Waals surface area contributed by atoms with E-state index in [4.69, 9.17) is 0 Å². The third kappa shape index (κ3) is 4.04. The fourth-order valence-electron chi connectivity index (χ4n) is 4.41. The zero-order valence-electron chi connectivity index (χ0n) is 14.9. The summed E-state index contributed by atoms with van der Waals surface area (Å²) in [5.74, 6) is -2.14. The molecule has 1 aromatic rings. The summed E-state index contributed by atoms with van der Waals surface area (Å²) in [5.41, 5.74) is 0.132. The van der Waals surface area contributed by atoms with Gasteiger partial charge in [0.1, 0.15) is 5.82 Å². The molecule has 1 N–H and O–H groups in total. The van der Waals surface area contributed by atoms with E-state index in [1.165, 1.54) is 0 Å². The van der Waals surface area contributed by atoms with Crippen molar-refractivity contribution in [1.29, 1.82) is 0 Å². The van der Waals surface area contributed by atoms with Crippen molar-refractivity contribution in [2.24, 2.45) is 17.8 Å². The molecule has 26 heavy (non-hydrogen) atoms. The van der Waals surface area contributed by atoms with E-state index in [0.29, 0.717) is 25.1 Å². The normalized spacial score (nSPS) is 25.0. The van der Waals surface area contributed by atoms with Gasteiger partial charge >= 0.3 is 0 Å². The predicted octanol–water partition coefficient (Wildman–Crippen LogP) is 2.40. The molecule has 1 aromatic carbocycles. The quantitative estimate of drug-likeness (QED) is 0.828. The van der Waals surface area contributed by atoms with Crippen molar-refractivity contribution in [3.63, 3.8) is 0 Å². The second kappa shape index (κ2) is 7.96. The Morgan fingerprint density at radius 2 is 1.77 bits per heavy atom. The number of aliphatic hydroxyl groups excluding tert-OH is 1. The Labute approximate surface area is 151 Å². The lowest BCUT2D eigenvalue weighted by Crippen LogP contribution is -2.40. The van der Waals surface area contributed by atoms with E-state index >= 15 is 0 Å². The molecule has 2 aliphatic rings. The molecule has 0 aliphatic carbocycles. The molecular formula is C19H25F3N2O2. The van der Waals surface area contributed by atoms with Gasteiger partial charge in [-0.25, -0.2) is 13.2 Å². The fourth-order valence-corrected chi connectivity index (χ4v) is 4.41. The van der Waals surface area contributed by atoms with Crippen LogP contribution in [0.25, 0.3) is 0 Å². The summed E-state index contributed by atoms with van der Waals surface area (Å²) in [7, 11) is 0. The Bertz CT molecular complexity index is 662. The number of hydrogen-bond donors (Lipinski definition) is 1. The number of rotatable bonds is 4. The number of hydrogen-bond acceptors (Lipinski definition) is 3. The van der Waals surface area contributed by atoms with E-state index in [2.05, 4.69) is 0 Å². The first-order valence-corrected chi connectivity index (χ1v) is 9.11. The maximum atomic E-state index is 13.9. The molecule has 0 unspecified atom stereocenters. The van der Waals surface area contributed by atoms with Gasteiger partial charge in [-0.2, -0.15) is 0 Å². The van der Waals surface area contributed by atoms with Crippen LogP contribution in [-0.4, -0.2) is 53.6 Å². The molecule has 2 aliphatic heterocycles. The van der Waals surface area contributed by atoms with Gasteiger partial charge < -0.3 is 10.0 Å². The van der Waals surface area contributed by atoms with Crippen molar-refractivity contribution in [3.8, 4) is 0 Å². The van der Waals surface area contributed by atoms with Crippen LogP contribution in [0.5, 0.6) is 0 Å². The fraction of sp³-hybridized carbons (Fsp3) is 0.632. The SMILES string of the molecule is CC(=O)N1CCC([C@@H]2CN(Cc3cc(F)c(F)cc3F)C[C@H]2CO)CC1. The minimum Gasteiger partial charge on any atom is -0.396 e. The van der Waals surface area contributed by atoms with Crippen LogP contribution in [0, 0.1) is 35.2 Å². The van der Waals surface area contributed by atoms with Crippen LogP contribution in [0.3, 0.4) is 0 Å². The minimum atomic E-state index is -1.18. The molecule has 2 saturated heterocycles. The Morgan fingerprint density at radius 1 is 1.12 bits per heavy atom. The molecule has 3 rings (SSSR count). The zero-order valence-corrected chi connectivity index (χ0v) is 14.9. The van der Waals surface area contributed by atoms with Crippen molar-refractivity contribution in [2.75, 3.05) is 32.8 Å². The number of aliphatic hydroxyl groups is 1. The van der Waals surface area contributed by atoms with Crippen molar-refractivity contribution in [2.45, 2.75) is 26.3 Å². The van der Waals surface area contributed by atoms with Crippen molar-refractivity contribution in [3.05, 3.63) is 35.1 Å². The van der Waals surface area contributed by atoms with E-state index in [-0.39, 0.29) is 36.5 Å². The van der Waals surface area contributed by atoms with Gasteiger partial charge in [0.05, 0.1) is 0 Å². The van der Waals surface area contributed by atoms with Gasteiger partial charge in [0.2, 0.25) is 5.91 Å². The van der Waals surface area contributed by atoms with Crippen LogP contribution in [0.2, 0.25) is 0 Å². The van der Waals surface area contributed by atoms with Gasteiger partial charge in [-0.15, -0.1) is 0 Å². The number of benzene rings is 1. The second-order valence-corrected chi connectivity index (χ2v) is 7.50. The smallest absolute Gasteiger partial charge is 0.219 e. The average molecular weight is 370 g/mol. The Kier molecular flexibility index (Phi) is 5.87. The van der Waals surface area contributed by atoms with E-state index in [9.17, 15) is 23.1 Å². The molecule has 1 amide bonds. The van der Waals surface area contributed by atoms with E-state index in [1.54, 1.807) is 6.92 Å². The number of amides is 1. The number of carbonyl (C=O) groups excluding carboxylic acids is 1. The Hall–Kier alpha value is -1.60. The molecule has 7 heteroatoms. The molecule has 2 heterocycles. The maximum absolute atomic E-state index is 13.9. The summed E-state index contributed by atoms with van der Waals surface area (Å²) >= 11 is 0. The summed E-state index contributed by atoms with van der Waals surface area (Å²) in [5, 5.41) is 9.75. The molecule has 4 nitrogen and oxygen atoms in total. The summed E-state index contributed by atoms with van der Waals surface area (Å²) in [4.78, 5) is 15.3. The van der Waals surface area contributed by atoms with Crippen LogP contribution < -0.4 is 0 Å². The molecule has 0 bridgehead atoms. The number of carbonyl (C=O) groups is 1. The highest BCUT2D eigenvalue weighted by atomic mass is 19.2. The van der Waals surface area contributed by atoms with Gasteiger partial charge in [0.15, 0.2) is 11.6 Å². The highest BCUT2D eigenvalue weighted by Gasteiger charge is 2.39. The predicted molar refractivity (Wildman–Crippen MR) is 90.6 cm³/mol. The van der Waals surface area contributed by atoms with Crippen LogP contribution in [-0.2, 0) is 11.3 Å². The Morgan fingerprint density at radius 3 is 2.38 bits per heavy atom. The van der Waals surface area contributed by atoms with Crippen molar-refractivity contribution >= 4 is 5.91 Å². The van der Waals surface area contributed by atoms with Gasteiger partial charge in [0, 0.05) is 57.9 Å². The molecule has 144 valence electrons. The summed E-state index contributed by atoms with van der Waals surface area (Å²) in [6.45, 7) is 4.57. The number of piperidine rings is 1. The highest BCUT2D eigenvalue weighted by Crippen LogP contribution is 2.36. The Balaban J connectivity index is 1.64. The molecule has 2 fully saturated rings.